The Bertz CT molecular complexity index is 593. The number of sulfonamides is 1. The Hall–Kier alpha value is -1.18. The van der Waals surface area contributed by atoms with Crippen LogP contribution in [0.3, 0.4) is 0 Å². The Balaban J connectivity index is 3.26. The minimum absolute atomic E-state index is 0.0973. The third-order valence-corrected chi connectivity index (χ3v) is 4.82. The van der Waals surface area contributed by atoms with Crippen molar-refractivity contribution in [3.8, 4) is 0 Å². The molecule has 0 radical (unpaired) electrons. The van der Waals surface area contributed by atoms with Crippen LogP contribution < -0.4 is 0 Å². The van der Waals surface area contributed by atoms with E-state index in [0.29, 0.717) is 0 Å². The number of carboxylic acids is 1. The summed E-state index contributed by atoms with van der Waals surface area (Å²) in [5.74, 6) is -1.20. The van der Waals surface area contributed by atoms with Gasteiger partial charge in [0, 0.05) is 13.2 Å². The normalized spacial score (nSPS) is 14.3. The largest absolute Gasteiger partial charge is 0.480 e. The lowest BCUT2D eigenvalue weighted by Crippen LogP contribution is -2.49. The number of pyridine rings is 1. The van der Waals surface area contributed by atoms with Gasteiger partial charge in [-0.2, -0.15) is 4.31 Å². The van der Waals surface area contributed by atoms with Gasteiger partial charge in [0.25, 0.3) is 0 Å². The molecule has 1 unspecified atom stereocenters. The molecule has 0 aromatic carbocycles. The van der Waals surface area contributed by atoms with Crippen LogP contribution in [0.25, 0.3) is 0 Å². The highest BCUT2D eigenvalue weighted by Gasteiger charge is 2.40. The Morgan fingerprint density at radius 3 is 2.30 bits per heavy atom. The summed E-state index contributed by atoms with van der Waals surface area (Å²) in [6, 6.07) is 1.45. The van der Waals surface area contributed by atoms with E-state index in [0.717, 1.165) is 10.5 Å². The van der Waals surface area contributed by atoms with Gasteiger partial charge in [-0.1, -0.05) is 32.4 Å². The summed E-state index contributed by atoms with van der Waals surface area (Å²) in [7, 11) is -2.71. The van der Waals surface area contributed by atoms with Gasteiger partial charge in [0.05, 0.1) is 0 Å². The molecule has 0 aliphatic heterocycles. The number of hydrogen-bond acceptors (Lipinski definition) is 4. The number of aliphatic carboxylic acids is 1. The third-order valence-electron chi connectivity index (χ3n) is 2.80. The Morgan fingerprint density at radius 1 is 1.40 bits per heavy atom. The lowest BCUT2D eigenvalue weighted by Gasteiger charge is -2.33. The van der Waals surface area contributed by atoms with Crippen LogP contribution >= 0.6 is 11.6 Å². The van der Waals surface area contributed by atoms with Crippen molar-refractivity contribution >= 4 is 27.6 Å². The standard InChI is InChI=1S/C12H17ClN2O4S/c1-12(2,3)10(11(16)17)15(4)20(18,19)8-5-6-9(13)14-7-8/h5-7,10H,1-4H3,(H,16,17). The molecule has 1 aromatic heterocycles. The highest BCUT2D eigenvalue weighted by molar-refractivity contribution is 7.89. The van der Waals surface area contributed by atoms with Crippen molar-refractivity contribution in [2.45, 2.75) is 31.7 Å². The zero-order valence-corrected chi connectivity index (χ0v) is 13.2. The van der Waals surface area contributed by atoms with Gasteiger partial charge in [-0.25, -0.2) is 13.4 Å². The zero-order chi connectivity index (χ0) is 15.7. The highest BCUT2D eigenvalue weighted by atomic mass is 35.5. The molecule has 1 rings (SSSR count). The van der Waals surface area contributed by atoms with Gasteiger partial charge in [0.15, 0.2) is 0 Å². The quantitative estimate of drug-likeness (QED) is 0.855. The number of likely N-dealkylation sites (N-methyl/N-ethyl adjacent to an activating group) is 1. The van der Waals surface area contributed by atoms with Crippen LogP contribution in [0.2, 0.25) is 5.15 Å². The zero-order valence-electron chi connectivity index (χ0n) is 11.7. The van der Waals surface area contributed by atoms with E-state index < -0.39 is 27.4 Å². The molecule has 0 aliphatic rings. The number of aromatic nitrogens is 1. The van der Waals surface area contributed by atoms with E-state index in [4.69, 9.17) is 11.6 Å². The second-order valence-corrected chi connectivity index (χ2v) is 7.83. The summed E-state index contributed by atoms with van der Waals surface area (Å²) < 4.78 is 25.7. The molecular formula is C12H17ClN2O4S. The third kappa shape index (κ3) is 3.47. The average Bonchev–Trinajstić information content (AvgIpc) is 2.26. The monoisotopic (exact) mass is 320 g/mol. The van der Waals surface area contributed by atoms with Gasteiger partial charge in [-0.3, -0.25) is 4.79 Å². The lowest BCUT2D eigenvalue weighted by molar-refractivity contribution is -0.144. The summed E-state index contributed by atoms with van der Waals surface area (Å²) in [5.41, 5.74) is -0.756. The first-order valence-corrected chi connectivity index (χ1v) is 7.62. The van der Waals surface area contributed by atoms with Crippen molar-refractivity contribution in [3.63, 3.8) is 0 Å². The molecule has 0 bridgehead atoms. The summed E-state index contributed by atoms with van der Waals surface area (Å²) in [4.78, 5) is 15.0. The first-order valence-electron chi connectivity index (χ1n) is 5.80. The molecule has 1 heterocycles. The van der Waals surface area contributed by atoms with E-state index in [1.807, 2.05) is 0 Å². The summed E-state index contributed by atoms with van der Waals surface area (Å²) >= 11 is 5.61. The van der Waals surface area contributed by atoms with Crippen molar-refractivity contribution in [2.75, 3.05) is 7.05 Å². The van der Waals surface area contributed by atoms with E-state index in [2.05, 4.69) is 4.98 Å². The molecule has 0 saturated carbocycles. The molecule has 0 saturated heterocycles. The topological polar surface area (TPSA) is 87.6 Å². The summed E-state index contributed by atoms with van der Waals surface area (Å²) in [6.07, 6.45) is 1.11. The molecule has 0 amide bonds. The minimum Gasteiger partial charge on any atom is -0.480 e. The fourth-order valence-corrected chi connectivity index (χ4v) is 3.45. The highest BCUT2D eigenvalue weighted by Crippen LogP contribution is 2.28. The number of nitrogens with zero attached hydrogens (tertiary/aromatic N) is 2. The summed E-state index contributed by atoms with van der Waals surface area (Å²) in [6.45, 7) is 4.99. The predicted molar refractivity (Wildman–Crippen MR) is 75.1 cm³/mol. The molecule has 0 fully saturated rings. The smallest absolute Gasteiger partial charge is 0.322 e. The summed E-state index contributed by atoms with van der Waals surface area (Å²) in [5, 5.41) is 9.45. The van der Waals surface area contributed by atoms with Crippen LogP contribution in [0.5, 0.6) is 0 Å². The minimum atomic E-state index is -3.95. The van der Waals surface area contributed by atoms with Crippen molar-refractivity contribution < 1.29 is 18.3 Å². The van der Waals surface area contributed by atoms with Crippen molar-refractivity contribution in [1.29, 1.82) is 0 Å². The number of carboxylic acid groups (broad SMARTS) is 1. The SMILES string of the molecule is CN(C(C(=O)O)C(C)(C)C)S(=O)(=O)c1ccc(Cl)nc1. The van der Waals surface area contributed by atoms with Gasteiger partial charge in [-0.15, -0.1) is 0 Å². The molecule has 6 nitrogen and oxygen atoms in total. The molecule has 112 valence electrons. The van der Waals surface area contributed by atoms with Crippen molar-refractivity contribution in [3.05, 3.63) is 23.5 Å². The Labute approximate surface area is 123 Å². The second-order valence-electron chi connectivity index (χ2n) is 5.44. The molecule has 1 atom stereocenters. The van der Waals surface area contributed by atoms with Crippen LogP contribution in [-0.2, 0) is 14.8 Å². The second kappa shape index (κ2) is 5.67. The first-order chi connectivity index (χ1) is 8.98. The average molecular weight is 321 g/mol. The molecule has 1 aromatic rings. The lowest BCUT2D eigenvalue weighted by atomic mass is 9.87. The molecule has 0 spiro atoms. The van der Waals surface area contributed by atoms with E-state index >= 15 is 0 Å². The van der Waals surface area contributed by atoms with Crippen LogP contribution in [0.15, 0.2) is 23.2 Å². The first kappa shape index (κ1) is 16.9. The molecule has 20 heavy (non-hydrogen) atoms. The maximum atomic E-state index is 12.4. The van der Waals surface area contributed by atoms with Gasteiger partial charge in [-0.05, 0) is 17.5 Å². The van der Waals surface area contributed by atoms with Crippen LogP contribution in [0.1, 0.15) is 20.8 Å². The molecular weight excluding hydrogens is 304 g/mol. The van der Waals surface area contributed by atoms with Crippen molar-refractivity contribution in [2.24, 2.45) is 5.41 Å². The number of carbonyl (C=O) groups is 1. The van der Waals surface area contributed by atoms with Gasteiger partial charge < -0.3 is 5.11 Å². The number of rotatable bonds is 4. The van der Waals surface area contributed by atoms with Gasteiger partial charge in [0.1, 0.15) is 16.1 Å². The molecule has 1 N–H and O–H groups in total. The van der Waals surface area contributed by atoms with E-state index in [9.17, 15) is 18.3 Å². The fourth-order valence-electron chi connectivity index (χ4n) is 1.89. The van der Waals surface area contributed by atoms with Crippen molar-refractivity contribution in [1.82, 2.24) is 9.29 Å². The van der Waals surface area contributed by atoms with Crippen LogP contribution in [0, 0.1) is 5.41 Å². The van der Waals surface area contributed by atoms with E-state index in [-0.39, 0.29) is 10.0 Å². The Morgan fingerprint density at radius 2 is 1.95 bits per heavy atom. The molecule has 0 aliphatic carbocycles. The molecule has 8 heteroatoms. The van der Waals surface area contributed by atoms with Crippen LogP contribution in [-0.4, -0.2) is 41.9 Å². The van der Waals surface area contributed by atoms with Crippen LogP contribution in [0.4, 0.5) is 0 Å². The van der Waals surface area contributed by atoms with Gasteiger partial charge in [0.2, 0.25) is 10.0 Å². The van der Waals surface area contributed by atoms with E-state index in [1.54, 1.807) is 20.8 Å². The van der Waals surface area contributed by atoms with E-state index in [1.165, 1.54) is 19.2 Å². The number of hydrogen-bond donors (Lipinski definition) is 1. The predicted octanol–water partition coefficient (Wildman–Crippen LogP) is 1.85. The number of halogens is 1. The fraction of sp³-hybridized carbons (Fsp3) is 0.500. The Kier molecular flexibility index (Phi) is 4.78. The van der Waals surface area contributed by atoms with Gasteiger partial charge >= 0.3 is 5.97 Å². The maximum Gasteiger partial charge on any atom is 0.322 e. The maximum absolute atomic E-state index is 12.4.